The molecule has 1 heterocycles. The molecular weight excluding hydrogens is 281 g/mol. The second kappa shape index (κ2) is 6.20. The van der Waals surface area contributed by atoms with Crippen LogP contribution in [0, 0.1) is 12.7 Å². The number of fused-ring (bicyclic) bond motifs is 1. The molecule has 2 aromatic rings. The smallest absolute Gasteiger partial charge is 0.123 e. The quantitative estimate of drug-likeness (QED) is 0.854. The maximum absolute atomic E-state index is 13.6. The number of benzene rings is 2. The van der Waals surface area contributed by atoms with Crippen LogP contribution in [0.15, 0.2) is 47.4 Å². The lowest BCUT2D eigenvalue weighted by molar-refractivity contribution is 0.446. The standard InChI is InChI=1S/C18H20FNS/c1-12-5-3-4-6-15(12)13(2)20-17-9-10-21-18-8-7-14(19)11-16(17)18/h3-8,11,13,17,20H,9-10H2,1-2H3. The van der Waals surface area contributed by atoms with Crippen molar-refractivity contribution >= 4 is 11.8 Å². The Kier molecular flexibility index (Phi) is 4.32. The maximum atomic E-state index is 13.6. The van der Waals surface area contributed by atoms with Crippen molar-refractivity contribution in [2.24, 2.45) is 0 Å². The Morgan fingerprint density at radius 2 is 2.05 bits per heavy atom. The minimum absolute atomic E-state index is 0.147. The summed E-state index contributed by atoms with van der Waals surface area (Å²) in [6.07, 6.45) is 1.04. The van der Waals surface area contributed by atoms with Gasteiger partial charge in [0.2, 0.25) is 0 Å². The molecule has 0 fully saturated rings. The van der Waals surface area contributed by atoms with Gasteiger partial charge in [-0.3, -0.25) is 0 Å². The molecule has 0 aliphatic carbocycles. The van der Waals surface area contributed by atoms with Gasteiger partial charge in [-0.25, -0.2) is 4.39 Å². The molecule has 1 nitrogen and oxygen atoms in total. The van der Waals surface area contributed by atoms with Gasteiger partial charge in [-0.15, -0.1) is 11.8 Å². The summed E-state index contributed by atoms with van der Waals surface area (Å²) < 4.78 is 13.6. The van der Waals surface area contributed by atoms with Gasteiger partial charge in [0, 0.05) is 17.0 Å². The van der Waals surface area contributed by atoms with Gasteiger partial charge in [0.05, 0.1) is 0 Å². The molecule has 1 aliphatic heterocycles. The molecule has 1 N–H and O–H groups in total. The number of nitrogens with one attached hydrogen (secondary N) is 1. The van der Waals surface area contributed by atoms with Crippen LogP contribution in [0.1, 0.15) is 42.1 Å². The maximum Gasteiger partial charge on any atom is 0.123 e. The Bertz CT molecular complexity index is 641. The van der Waals surface area contributed by atoms with Gasteiger partial charge in [-0.1, -0.05) is 24.3 Å². The molecule has 0 aromatic heterocycles. The van der Waals surface area contributed by atoms with E-state index in [-0.39, 0.29) is 17.9 Å². The van der Waals surface area contributed by atoms with E-state index in [1.165, 1.54) is 16.0 Å². The van der Waals surface area contributed by atoms with Crippen LogP contribution in [0.25, 0.3) is 0 Å². The molecule has 110 valence electrons. The Labute approximate surface area is 130 Å². The average Bonchev–Trinajstić information content (AvgIpc) is 2.48. The second-order valence-corrected chi connectivity index (χ2v) is 6.75. The topological polar surface area (TPSA) is 12.0 Å². The van der Waals surface area contributed by atoms with Gasteiger partial charge >= 0.3 is 0 Å². The van der Waals surface area contributed by atoms with E-state index < -0.39 is 0 Å². The Morgan fingerprint density at radius 3 is 2.86 bits per heavy atom. The number of aryl methyl sites for hydroxylation is 1. The molecule has 1 aliphatic rings. The third-order valence-electron chi connectivity index (χ3n) is 4.12. The van der Waals surface area contributed by atoms with E-state index in [1.54, 1.807) is 12.1 Å². The highest BCUT2D eigenvalue weighted by molar-refractivity contribution is 7.99. The Morgan fingerprint density at radius 1 is 1.24 bits per heavy atom. The lowest BCUT2D eigenvalue weighted by Crippen LogP contribution is -2.27. The molecule has 0 saturated heterocycles. The molecule has 0 bridgehead atoms. The highest BCUT2D eigenvalue weighted by Gasteiger charge is 2.23. The SMILES string of the molecule is Cc1ccccc1C(C)NC1CCSc2ccc(F)cc21. The van der Waals surface area contributed by atoms with Crippen molar-refractivity contribution in [3.05, 3.63) is 65.0 Å². The summed E-state index contributed by atoms with van der Waals surface area (Å²) >= 11 is 1.82. The lowest BCUT2D eigenvalue weighted by Gasteiger charge is -2.29. The average molecular weight is 301 g/mol. The summed E-state index contributed by atoms with van der Waals surface area (Å²) in [5.74, 6) is 0.933. The van der Waals surface area contributed by atoms with E-state index in [1.807, 2.05) is 17.8 Å². The molecule has 2 aromatic carbocycles. The molecule has 21 heavy (non-hydrogen) atoms. The van der Waals surface area contributed by atoms with Crippen LogP contribution >= 0.6 is 11.8 Å². The van der Waals surface area contributed by atoms with Crippen molar-refractivity contribution in [1.82, 2.24) is 5.32 Å². The van der Waals surface area contributed by atoms with Crippen molar-refractivity contribution < 1.29 is 4.39 Å². The molecule has 0 saturated carbocycles. The minimum Gasteiger partial charge on any atom is -0.303 e. The molecule has 3 heteroatoms. The number of hydrogen-bond acceptors (Lipinski definition) is 2. The molecule has 2 unspecified atom stereocenters. The van der Waals surface area contributed by atoms with Gasteiger partial charge in [0.25, 0.3) is 0 Å². The van der Waals surface area contributed by atoms with E-state index in [9.17, 15) is 4.39 Å². The Balaban J connectivity index is 1.83. The van der Waals surface area contributed by atoms with Crippen LogP contribution in [-0.4, -0.2) is 5.75 Å². The lowest BCUT2D eigenvalue weighted by atomic mass is 9.98. The van der Waals surface area contributed by atoms with E-state index in [4.69, 9.17) is 0 Å². The molecule has 0 amide bonds. The normalized spacial score (nSPS) is 19.1. The number of hydrogen-bond donors (Lipinski definition) is 1. The summed E-state index contributed by atoms with van der Waals surface area (Å²) in [6, 6.07) is 14.1. The second-order valence-electron chi connectivity index (χ2n) is 5.62. The van der Waals surface area contributed by atoms with Gasteiger partial charge < -0.3 is 5.32 Å². The highest BCUT2D eigenvalue weighted by atomic mass is 32.2. The fraction of sp³-hybridized carbons (Fsp3) is 0.333. The van der Waals surface area contributed by atoms with Crippen molar-refractivity contribution in [1.29, 1.82) is 0 Å². The molecular formula is C18H20FNS. The summed E-state index contributed by atoms with van der Waals surface area (Å²) in [6.45, 7) is 4.32. The summed E-state index contributed by atoms with van der Waals surface area (Å²) in [5.41, 5.74) is 3.71. The van der Waals surface area contributed by atoms with E-state index >= 15 is 0 Å². The van der Waals surface area contributed by atoms with Crippen molar-refractivity contribution in [3.8, 4) is 0 Å². The first-order valence-corrected chi connectivity index (χ1v) is 8.37. The Hall–Kier alpha value is -1.32. The number of rotatable bonds is 3. The van der Waals surface area contributed by atoms with Crippen LogP contribution < -0.4 is 5.32 Å². The third kappa shape index (κ3) is 3.14. The van der Waals surface area contributed by atoms with E-state index in [0.29, 0.717) is 0 Å². The molecule has 0 spiro atoms. The van der Waals surface area contributed by atoms with Crippen LogP contribution in [0.5, 0.6) is 0 Å². The predicted molar refractivity (Wildman–Crippen MR) is 87.2 cm³/mol. The van der Waals surface area contributed by atoms with Crippen molar-refractivity contribution in [3.63, 3.8) is 0 Å². The zero-order chi connectivity index (χ0) is 14.8. The first kappa shape index (κ1) is 14.6. The van der Waals surface area contributed by atoms with Gasteiger partial charge in [-0.05, 0) is 60.9 Å². The van der Waals surface area contributed by atoms with Crippen molar-refractivity contribution in [2.75, 3.05) is 5.75 Å². The summed E-state index contributed by atoms with van der Waals surface area (Å²) in [4.78, 5) is 1.21. The largest absolute Gasteiger partial charge is 0.303 e. The summed E-state index contributed by atoms with van der Waals surface area (Å²) in [7, 11) is 0. The van der Waals surface area contributed by atoms with E-state index in [0.717, 1.165) is 17.7 Å². The fourth-order valence-electron chi connectivity index (χ4n) is 3.00. The molecule has 3 rings (SSSR count). The van der Waals surface area contributed by atoms with Crippen molar-refractivity contribution in [2.45, 2.75) is 37.2 Å². The number of halogens is 1. The molecule has 2 atom stereocenters. The van der Waals surface area contributed by atoms with Crippen LogP contribution in [0.3, 0.4) is 0 Å². The monoisotopic (exact) mass is 301 g/mol. The van der Waals surface area contributed by atoms with Crippen LogP contribution in [-0.2, 0) is 0 Å². The van der Waals surface area contributed by atoms with Crippen LogP contribution in [0.2, 0.25) is 0 Å². The van der Waals surface area contributed by atoms with E-state index in [2.05, 4.69) is 43.4 Å². The van der Waals surface area contributed by atoms with Crippen LogP contribution in [0.4, 0.5) is 4.39 Å². The number of thioether (sulfide) groups is 1. The van der Waals surface area contributed by atoms with Gasteiger partial charge in [-0.2, -0.15) is 0 Å². The highest BCUT2D eigenvalue weighted by Crippen LogP contribution is 2.37. The first-order valence-electron chi connectivity index (χ1n) is 7.39. The zero-order valence-electron chi connectivity index (χ0n) is 12.4. The van der Waals surface area contributed by atoms with Gasteiger partial charge in [0.1, 0.15) is 5.82 Å². The first-order chi connectivity index (χ1) is 10.1. The van der Waals surface area contributed by atoms with Gasteiger partial charge in [0.15, 0.2) is 0 Å². The predicted octanol–water partition coefficient (Wildman–Crippen LogP) is 5.02. The fourth-order valence-corrected chi connectivity index (χ4v) is 4.11. The summed E-state index contributed by atoms with van der Waals surface area (Å²) in [5, 5.41) is 3.68. The zero-order valence-corrected chi connectivity index (χ0v) is 13.2. The minimum atomic E-state index is -0.147. The molecule has 0 radical (unpaired) electrons. The third-order valence-corrected chi connectivity index (χ3v) is 5.24.